The van der Waals surface area contributed by atoms with Crippen LogP contribution in [0.5, 0.6) is 0 Å². The summed E-state index contributed by atoms with van der Waals surface area (Å²) in [5.41, 5.74) is 7.97. The van der Waals surface area contributed by atoms with Crippen molar-refractivity contribution >= 4 is 39.1 Å². The first-order valence-corrected chi connectivity index (χ1v) is 8.50. The van der Waals surface area contributed by atoms with E-state index in [0.29, 0.717) is 17.6 Å². The molecule has 23 heavy (non-hydrogen) atoms. The maximum atomic E-state index is 11.7. The molecule has 1 aromatic carbocycles. The number of carbonyl (C=O) groups is 1. The van der Waals surface area contributed by atoms with Gasteiger partial charge in [-0.3, -0.25) is 0 Å². The van der Waals surface area contributed by atoms with E-state index in [-0.39, 0.29) is 5.69 Å². The van der Waals surface area contributed by atoms with Gasteiger partial charge in [0.05, 0.1) is 12.3 Å². The Hall–Kier alpha value is -2.19. The van der Waals surface area contributed by atoms with Gasteiger partial charge in [0, 0.05) is 21.5 Å². The summed E-state index contributed by atoms with van der Waals surface area (Å²) in [6.45, 7) is 2.06. The number of nitrogen functional groups attached to an aromatic ring is 1. The van der Waals surface area contributed by atoms with Gasteiger partial charge in [0.25, 0.3) is 0 Å². The van der Waals surface area contributed by atoms with Crippen LogP contribution in [-0.4, -0.2) is 27.3 Å². The largest absolute Gasteiger partial charge is 0.461 e. The number of esters is 1. The van der Waals surface area contributed by atoms with Gasteiger partial charge in [0.2, 0.25) is 5.13 Å². The minimum atomic E-state index is -0.450. The first kappa shape index (κ1) is 15.7. The number of benzene rings is 1. The highest BCUT2D eigenvalue weighted by molar-refractivity contribution is 9.10. The van der Waals surface area contributed by atoms with Gasteiger partial charge >= 0.3 is 5.97 Å². The van der Waals surface area contributed by atoms with E-state index < -0.39 is 5.97 Å². The molecular weight excluding hydrogens is 380 g/mol. The number of anilines is 1. The zero-order valence-electron chi connectivity index (χ0n) is 12.2. The predicted octanol–water partition coefficient (Wildman–Crippen LogP) is 3.52. The fourth-order valence-corrected chi connectivity index (χ4v) is 3.00. The quantitative estimate of drug-likeness (QED) is 0.686. The average Bonchev–Trinajstić information content (AvgIpc) is 3.15. The van der Waals surface area contributed by atoms with E-state index in [1.54, 1.807) is 18.4 Å². The van der Waals surface area contributed by atoms with E-state index in [0.717, 1.165) is 15.7 Å². The van der Waals surface area contributed by atoms with Crippen molar-refractivity contribution in [3.05, 3.63) is 45.9 Å². The molecule has 0 fully saturated rings. The van der Waals surface area contributed by atoms with Gasteiger partial charge < -0.3 is 10.5 Å². The lowest BCUT2D eigenvalue weighted by atomic mass is 10.2. The molecule has 0 radical (unpaired) electrons. The number of aromatic nitrogens is 3. The molecule has 0 bridgehead atoms. The van der Waals surface area contributed by atoms with Crippen LogP contribution in [-0.2, 0) is 4.74 Å². The molecule has 0 saturated carbocycles. The Morgan fingerprint density at radius 1 is 1.39 bits per heavy atom. The Kier molecular flexibility index (Phi) is 4.44. The third-order valence-electron chi connectivity index (χ3n) is 3.03. The number of rotatable bonds is 4. The Morgan fingerprint density at radius 2 is 2.13 bits per heavy atom. The van der Waals surface area contributed by atoms with E-state index in [1.807, 2.05) is 24.3 Å². The summed E-state index contributed by atoms with van der Waals surface area (Å²) in [5, 5.41) is 6.63. The van der Waals surface area contributed by atoms with Crippen molar-refractivity contribution in [3.8, 4) is 16.4 Å². The summed E-state index contributed by atoms with van der Waals surface area (Å²) in [6, 6.07) is 9.54. The number of hydrogen-bond donors (Lipinski definition) is 1. The van der Waals surface area contributed by atoms with Crippen LogP contribution < -0.4 is 5.73 Å². The topological polar surface area (TPSA) is 83.0 Å². The second kappa shape index (κ2) is 6.51. The molecule has 3 rings (SSSR count). The van der Waals surface area contributed by atoms with E-state index >= 15 is 0 Å². The zero-order chi connectivity index (χ0) is 16.4. The molecule has 0 atom stereocenters. The lowest BCUT2D eigenvalue weighted by Crippen LogP contribution is -2.06. The van der Waals surface area contributed by atoms with Gasteiger partial charge in [-0.15, -0.1) is 11.3 Å². The number of thiazole rings is 1. The maximum absolute atomic E-state index is 11.7. The molecule has 0 amide bonds. The number of halogens is 1. The molecule has 0 aliphatic heterocycles. The average molecular weight is 393 g/mol. The minimum Gasteiger partial charge on any atom is -0.461 e. The monoisotopic (exact) mass is 392 g/mol. The summed E-state index contributed by atoms with van der Waals surface area (Å²) >= 11 is 4.68. The first-order valence-electron chi connectivity index (χ1n) is 6.83. The normalized spacial score (nSPS) is 10.7. The number of ether oxygens (including phenoxy) is 1. The molecule has 0 spiro atoms. The molecule has 118 valence electrons. The highest BCUT2D eigenvalue weighted by Crippen LogP contribution is 2.25. The van der Waals surface area contributed by atoms with Crippen LogP contribution in [0.2, 0.25) is 0 Å². The highest BCUT2D eigenvalue weighted by Gasteiger charge is 2.16. The highest BCUT2D eigenvalue weighted by atomic mass is 79.9. The third-order valence-corrected chi connectivity index (χ3v) is 4.38. The Balaban J connectivity index is 1.92. The molecular formula is C15H13BrN4O2S. The SMILES string of the molecule is CCOC(=O)c1csc(-n2nc(-c3ccc(Br)cc3)cc2N)n1. The van der Waals surface area contributed by atoms with E-state index in [2.05, 4.69) is 26.0 Å². The Morgan fingerprint density at radius 3 is 2.83 bits per heavy atom. The summed E-state index contributed by atoms with van der Waals surface area (Å²) < 4.78 is 7.44. The Bertz CT molecular complexity index is 842. The minimum absolute atomic E-state index is 0.256. The molecule has 0 saturated heterocycles. The number of nitrogens with two attached hydrogens (primary N) is 1. The molecule has 3 aromatic rings. The molecule has 0 aliphatic carbocycles. The summed E-state index contributed by atoms with van der Waals surface area (Å²) in [5.74, 6) is 0.00142. The van der Waals surface area contributed by atoms with Gasteiger partial charge in [-0.05, 0) is 19.1 Å². The molecule has 2 heterocycles. The van der Waals surface area contributed by atoms with E-state index in [9.17, 15) is 4.79 Å². The second-order valence-electron chi connectivity index (χ2n) is 4.61. The second-order valence-corrected chi connectivity index (χ2v) is 6.36. The van der Waals surface area contributed by atoms with E-state index in [1.165, 1.54) is 16.0 Å². The van der Waals surface area contributed by atoms with Crippen molar-refractivity contribution in [1.29, 1.82) is 0 Å². The van der Waals surface area contributed by atoms with Crippen molar-refractivity contribution in [2.75, 3.05) is 12.3 Å². The van der Waals surface area contributed by atoms with Crippen molar-refractivity contribution in [1.82, 2.24) is 14.8 Å². The molecule has 6 nitrogen and oxygen atoms in total. The summed E-state index contributed by atoms with van der Waals surface area (Å²) in [7, 11) is 0. The lowest BCUT2D eigenvalue weighted by molar-refractivity contribution is 0.0520. The van der Waals surface area contributed by atoms with Crippen LogP contribution in [0.3, 0.4) is 0 Å². The first-order chi connectivity index (χ1) is 11.1. The number of hydrogen-bond acceptors (Lipinski definition) is 6. The third kappa shape index (κ3) is 3.27. The van der Waals surface area contributed by atoms with Crippen molar-refractivity contribution in [3.63, 3.8) is 0 Å². The number of carbonyl (C=O) groups excluding carboxylic acids is 1. The zero-order valence-corrected chi connectivity index (χ0v) is 14.6. The van der Waals surface area contributed by atoms with Crippen LogP contribution in [0, 0.1) is 0 Å². The fraction of sp³-hybridized carbons (Fsp3) is 0.133. The smallest absolute Gasteiger partial charge is 0.357 e. The van der Waals surface area contributed by atoms with E-state index in [4.69, 9.17) is 10.5 Å². The van der Waals surface area contributed by atoms with Gasteiger partial charge in [-0.25, -0.2) is 9.78 Å². The van der Waals surface area contributed by atoms with Crippen LogP contribution in [0.15, 0.2) is 40.2 Å². The number of nitrogens with zero attached hydrogens (tertiary/aromatic N) is 3. The fourth-order valence-electron chi connectivity index (χ4n) is 1.97. The predicted molar refractivity (Wildman–Crippen MR) is 92.7 cm³/mol. The van der Waals surface area contributed by atoms with Gasteiger partial charge in [0.1, 0.15) is 5.82 Å². The standard InChI is InChI=1S/C15H13BrN4O2S/c1-2-22-14(21)12-8-23-15(18-12)20-13(17)7-11(19-20)9-3-5-10(16)6-4-9/h3-8H,2,17H2,1H3. The van der Waals surface area contributed by atoms with Crippen LogP contribution >= 0.6 is 27.3 Å². The van der Waals surface area contributed by atoms with Gasteiger partial charge in [-0.1, -0.05) is 28.1 Å². The maximum Gasteiger partial charge on any atom is 0.357 e. The van der Waals surface area contributed by atoms with Crippen molar-refractivity contribution in [2.45, 2.75) is 6.92 Å². The van der Waals surface area contributed by atoms with Crippen LogP contribution in [0.4, 0.5) is 5.82 Å². The summed E-state index contributed by atoms with van der Waals surface area (Å²) in [4.78, 5) is 15.9. The molecule has 2 aromatic heterocycles. The van der Waals surface area contributed by atoms with Crippen molar-refractivity contribution in [2.24, 2.45) is 0 Å². The summed E-state index contributed by atoms with van der Waals surface area (Å²) in [6.07, 6.45) is 0. The molecule has 0 unspecified atom stereocenters. The van der Waals surface area contributed by atoms with Crippen LogP contribution in [0.25, 0.3) is 16.4 Å². The molecule has 0 aliphatic rings. The molecule has 2 N–H and O–H groups in total. The van der Waals surface area contributed by atoms with Crippen molar-refractivity contribution < 1.29 is 9.53 Å². The molecule has 8 heteroatoms. The lowest BCUT2D eigenvalue weighted by Gasteiger charge is -1.99. The van der Waals surface area contributed by atoms with Crippen LogP contribution in [0.1, 0.15) is 17.4 Å². The van der Waals surface area contributed by atoms with Gasteiger partial charge in [0.15, 0.2) is 5.69 Å². The van der Waals surface area contributed by atoms with Gasteiger partial charge in [-0.2, -0.15) is 9.78 Å². The Labute approximate surface area is 145 Å².